The minimum Gasteiger partial charge on any atom is -0.383 e. The van der Waals surface area contributed by atoms with E-state index >= 15 is 0 Å². The third-order valence-electron chi connectivity index (χ3n) is 5.09. The van der Waals surface area contributed by atoms with Gasteiger partial charge in [-0.25, -0.2) is 19.9 Å². The van der Waals surface area contributed by atoms with E-state index in [1.54, 1.807) is 0 Å². The van der Waals surface area contributed by atoms with Crippen molar-refractivity contribution in [3.8, 4) is 11.5 Å². The summed E-state index contributed by atoms with van der Waals surface area (Å²) in [4.78, 5) is 28.6. The third-order valence-corrected chi connectivity index (χ3v) is 5.09. The van der Waals surface area contributed by atoms with Gasteiger partial charge in [0, 0.05) is 19.9 Å². The highest BCUT2D eigenvalue weighted by Gasteiger charge is 2.56. The summed E-state index contributed by atoms with van der Waals surface area (Å²) in [5, 5.41) is 6.80. The van der Waals surface area contributed by atoms with Crippen LogP contribution in [-0.4, -0.2) is 47.7 Å². The van der Waals surface area contributed by atoms with E-state index < -0.39 is 36.4 Å². The monoisotopic (exact) mass is 457 g/mol. The first-order chi connectivity index (χ1) is 14.7. The standard InChI is InChI=1S/C17H16F5N9O/c1-15(24)8-10(23)28-12(29-11(8)30-14(15)32)9-6-5-25-31(2)13(6)27-7(26-9)3-4-16(18,19)17(20,21)22/h5H,3-4,24H2,1-2H3,(H3,23,28,29,30,32). The highest BCUT2D eigenvalue weighted by molar-refractivity contribution is 6.06. The number of nitrogens with two attached hydrogens (primary N) is 2. The Morgan fingerprint density at radius 3 is 2.50 bits per heavy atom. The van der Waals surface area contributed by atoms with Gasteiger partial charge in [-0.15, -0.1) is 0 Å². The molecule has 1 aliphatic rings. The molecule has 1 atom stereocenters. The van der Waals surface area contributed by atoms with Gasteiger partial charge in [-0.2, -0.15) is 27.1 Å². The van der Waals surface area contributed by atoms with E-state index in [4.69, 9.17) is 11.5 Å². The number of alkyl halides is 5. The molecule has 170 valence electrons. The fraction of sp³-hybridized carbons (Fsp3) is 0.412. The summed E-state index contributed by atoms with van der Waals surface area (Å²) in [6, 6.07) is 0. The van der Waals surface area contributed by atoms with Crippen LogP contribution in [0.1, 0.15) is 24.7 Å². The number of hydrogen-bond acceptors (Lipinski definition) is 8. The number of nitrogen functional groups attached to an aromatic ring is 1. The zero-order chi connectivity index (χ0) is 23.6. The molecule has 0 aromatic carbocycles. The van der Waals surface area contributed by atoms with Crippen LogP contribution in [0, 0.1) is 0 Å². The van der Waals surface area contributed by atoms with Crippen LogP contribution in [0.2, 0.25) is 0 Å². The van der Waals surface area contributed by atoms with Gasteiger partial charge in [-0.05, 0) is 6.92 Å². The fourth-order valence-electron chi connectivity index (χ4n) is 3.30. The predicted molar refractivity (Wildman–Crippen MR) is 101 cm³/mol. The molecule has 1 aliphatic heterocycles. The molecule has 10 nitrogen and oxygen atoms in total. The maximum absolute atomic E-state index is 13.4. The van der Waals surface area contributed by atoms with Gasteiger partial charge in [-0.3, -0.25) is 9.48 Å². The third kappa shape index (κ3) is 3.28. The topological polar surface area (TPSA) is 151 Å². The van der Waals surface area contributed by atoms with Crippen molar-refractivity contribution >= 4 is 28.6 Å². The van der Waals surface area contributed by atoms with Crippen LogP contribution < -0.4 is 16.8 Å². The number of rotatable bonds is 4. The molecule has 3 aromatic rings. The van der Waals surface area contributed by atoms with Gasteiger partial charge < -0.3 is 16.8 Å². The molecule has 0 saturated carbocycles. The Labute approximate surface area is 176 Å². The molecule has 0 spiro atoms. The van der Waals surface area contributed by atoms with E-state index in [9.17, 15) is 26.7 Å². The minimum atomic E-state index is -5.70. The van der Waals surface area contributed by atoms with Crippen LogP contribution in [0.15, 0.2) is 6.20 Å². The van der Waals surface area contributed by atoms with Crippen molar-refractivity contribution in [2.75, 3.05) is 11.1 Å². The molecule has 15 heteroatoms. The van der Waals surface area contributed by atoms with Crippen LogP contribution in [0.5, 0.6) is 0 Å². The van der Waals surface area contributed by atoms with E-state index in [0.717, 1.165) is 0 Å². The normalized spacial score (nSPS) is 18.8. The minimum absolute atomic E-state index is 0.00259. The first kappa shape index (κ1) is 21.7. The Hall–Kier alpha value is -3.49. The molecular weight excluding hydrogens is 441 g/mol. The SMILES string of the molecule is Cn1ncc2c(-c3nc(N)c4c(n3)NC(=O)C4(C)N)nc(CCC(F)(F)C(F)(F)F)nc21. The Balaban J connectivity index is 1.81. The van der Waals surface area contributed by atoms with E-state index in [1.165, 1.54) is 24.9 Å². The first-order valence-corrected chi connectivity index (χ1v) is 9.14. The van der Waals surface area contributed by atoms with Crippen LogP contribution >= 0.6 is 0 Å². The number of aryl methyl sites for hydroxylation is 2. The second-order valence-electron chi connectivity index (χ2n) is 7.51. The van der Waals surface area contributed by atoms with Crippen molar-refractivity contribution < 1.29 is 26.7 Å². The molecule has 1 amide bonds. The zero-order valence-electron chi connectivity index (χ0n) is 16.6. The Morgan fingerprint density at radius 2 is 1.84 bits per heavy atom. The van der Waals surface area contributed by atoms with Gasteiger partial charge in [0.2, 0.25) is 5.91 Å². The first-order valence-electron chi connectivity index (χ1n) is 9.14. The molecular formula is C17H16F5N9O. The van der Waals surface area contributed by atoms with Crippen molar-refractivity contribution in [2.45, 2.75) is 37.4 Å². The van der Waals surface area contributed by atoms with Crippen molar-refractivity contribution in [2.24, 2.45) is 12.8 Å². The van der Waals surface area contributed by atoms with Crippen molar-refractivity contribution in [3.05, 3.63) is 17.6 Å². The molecule has 0 aliphatic carbocycles. The average molecular weight is 457 g/mol. The summed E-state index contributed by atoms with van der Waals surface area (Å²) in [5.74, 6) is -5.95. The number of hydrogen-bond donors (Lipinski definition) is 3. The van der Waals surface area contributed by atoms with Crippen molar-refractivity contribution in [1.82, 2.24) is 29.7 Å². The number of carbonyl (C=O) groups is 1. The highest BCUT2D eigenvalue weighted by atomic mass is 19.4. The lowest BCUT2D eigenvalue weighted by Crippen LogP contribution is -2.40. The zero-order valence-corrected chi connectivity index (χ0v) is 16.6. The van der Waals surface area contributed by atoms with E-state index in [2.05, 4.69) is 30.4 Å². The number of nitrogens with zero attached hydrogens (tertiary/aromatic N) is 6. The van der Waals surface area contributed by atoms with Gasteiger partial charge in [0.15, 0.2) is 11.5 Å². The lowest BCUT2D eigenvalue weighted by atomic mass is 9.97. The van der Waals surface area contributed by atoms with Gasteiger partial charge >= 0.3 is 12.1 Å². The maximum atomic E-state index is 13.4. The lowest BCUT2D eigenvalue weighted by molar-refractivity contribution is -0.284. The highest BCUT2D eigenvalue weighted by Crippen LogP contribution is 2.40. The van der Waals surface area contributed by atoms with Crippen LogP contribution in [0.4, 0.5) is 33.6 Å². The summed E-state index contributed by atoms with van der Waals surface area (Å²) in [7, 11) is 1.51. The molecule has 4 heterocycles. The van der Waals surface area contributed by atoms with Gasteiger partial charge in [0.05, 0.1) is 17.1 Å². The van der Waals surface area contributed by atoms with Crippen LogP contribution in [-0.2, 0) is 23.8 Å². The molecule has 0 fully saturated rings. The van der Waals surface area contributed by atoms with E-state index in [1.807, 2.05) is 0 Å². The van der Waals surface area contributed by atoms with Gasteiger partial charge in [0.1, 0.15) is 28.7 Å². The molecule has 0 radical (unpaired) electrons. The predicted octanol–water partition coefficient (Wildman–Crippen LogP) is 1.66. The molecule has 32 heavy (non-hydrogen) atoms. The van der Waals surface area contributed by atoms with Crippen LogP contribution in [0.25, 0.3) is 22.6 Å². The molecule has 4 rings (SSSR count). The van der Waals surface area contributed by atoms with Gasteiger partial charge in [-0.1, -0.05) is 0 Å². The molecule has 3 aromatic heterocycles. The molecule has 5 N–H and O–H groups in total. The number of amides is 1. The van der Waals surface area contributed by atoms with Crippen molar-refractivity contribution in [3.63, 3.8) is 0 Å². The van der Waals surface area contributed by atoms with E-state index in [-0.39, 0.29) is 40.2 Å². The largest absolute Gasteiger partial charge is 0.453 e. The average Bonchev–Trinajstić information content (AvgIpc) is 3.15. The Bertz CT molecular complexity index is 1250. The summed E-state index contributed by atoms with van der Waals surface area (Å²) in [6.07, 6.45) is -6.67. The molecule has 0 bridgehead atoms. The second-order valence-corrected chi connectivity index (χ2v) is 7.51. The Morgan fingerprint density at radius 1 is 1.16 bits per heavy atom. The fourth-order valence-corrected chi connectivity index (χ4v) is 3.30. The smallest absolute Gasteiger partial charge is 0.383 e. The Kier molecular flexibility index (Phi) is 4.59. The summed E-state index contributed by atoms with van der Waals surface area (Å²) >= 11 is 0. The maximum Gasteiger partial charge on any atom is 0.453 e. The number of halogens is 5. The second kappa shape index (κ2) is 6.75. The number of carbonyl (C=O) groups excluding carboxylic acids is 1. The number of nitrogens with one attached hydrogen (secondary N) is 1. The quantitative estimate of drug-likeness (QED) is 0.501. The number of aromatic nitrogens is 6. The summed E-state index contributed by atoms with van der Waals surface area (Å²) in [5.41, 5.74) is 10.8. The lowest BCUT2D eigenvalue weighted by Gasteiger charge is -2.19. The van der Waals surface area contributed by atoms with Crippen LogP contribution in [0.3, 0.4) is 0 Å². The molecule has 1 unspecified atom stereocenters. The number of anilines is 2. The summed E-state index contributed by atoms with van der Waals surface area (Å²) < 4.78 is 65.7. The van der Waals surface area contributed by atoms with Crippen molar-refractivity contribution in [1.29, 1.82) is 0 Å². The number of fused-ring (bicyclic) bond motifs is 2. The summed E-state index contributed by atoms with van der Waals surface area (Å²) in [6.45, 7) is 1.43. The molecule has 0 saturated heterocycles. The van der Waals surface area contributed by atoms with E-state index in [0.29, 0.717) is 5.39 Å². The van der Waals surface area contributed by atoms with Gasteiger partial charge in [0.25, 0.3) is 0 Å².